The summed E-state index contributed by atoms with van der Waals surface area (Å²) in [6, 6.07) is 4.54. The summed E-state index contributed by atoms with van der Waals surface area (Å²) in [4.78, 5) is 76.6. The summed E-state index contributed by atoms with van der Waals surface area (Å²) in [5.74, 6) is -4.85. The van der Waals surface area contributed by atoms with Gasteiger partial charge in [-0.1, -0.05) is 43.7 Å². The Morgan fingerprint density at radius 2 is 1.57 bits per heavy atom. The van der Waals surface area contributed by atoms with Crippen molar-refractivity contribution in [1.29, 1.82) is 5.41 Å². The Hall–Kier alpha value is -4.69. The van der Waals surface area contributed by atoms with Gasteiger partial charge in [0.1, 0.15) is 18.1 Å². The summed E-state index contributed by atoms with van der Waals surface area (Å²) in [7, 11) is 0. The Morgan fingerprint density at radius 3 is 2.19 bits per heavy atom. The molecule has 42 heavy (non-hydrogen) atoms. The number of carbonyl (C=O) groups excluding carboxylic acids is 5. The van der Waals surface area contributed by atoms with E-state index in [-0.39, 0.29) is 31.8 Å². The standard InChI is InChI=1S/C27H40N8O7/c1-2-7-18-25(41)35-19(10-6-11-30-27(28)29)24(40)31-15-22(37)32-17(14-23(38)39)13-21(36)33-20(26(42)34-18)12-16-8-4-3-5-9-16/h3-5,8-9,17-20H,2,6-7,10-15H2,1H3,(H,31,40)(H,32,37)(H,33,36)(H,34,42)(H,35,41)(H,38,39)(H4,28,29,30)/t17-,18+,19+,20-/m1/s1. The van der Waals surface area contributed by atoms with E-state index >= 15 is 0 Å². The Labute approximate surface area is 243 Å². The van der Waals surface area contributed by atoms with E-state index in [1.54, 1.807) is 30.3 Å². The van der Waals surface area contributed by atoms with Crippen LogP contribution in [0.1, 0.15) is 51.0 Å². The van der Waals surface area contributed by atoms with Crippen LogP contribution in [0, 0.1) is 5.41 Å². The van der Waals surface area contributed by atoms with E-state index in [0.29, 0.717) is 12.8 Å². The number of benzene rings is 1. The van der Waals surface area contributed by atoms with Crippen molar-refractivity contribution >= 4 is 41.5 Å². The molecule has 230 valence electrons. The van der Waals surface area contributed by atoms with Crippen LogP contribution in [0.5, 0.6) is 0 Å². The lowest BCUT2D eigenvalue weighted by atomic mass is 10.0. The molecule has 15 nitrogen and oxygen atoms in total. The van der Waals surface area contributed by atoms with Crippen molar-refractivity contribution in [3.63, 3.8) is 0 Å². The first kappa shape index (κ1) is 33.5. The maximum atomic E-state index is 13.4. The normalized spacial score (nSPS) is 22.5. The first-order valence-corrected chi connectivity index (χ1v) is 13.8. The van der Waals surface area contributed by atoms with Gasteiger partial charge in [0.2, 0.25) is 29.5 Å². The zero-order valence-corrected chi connectivity index (χ0v) is 23.5. The van der Waals surface area contributed by atoms with Gasteiger partial charge in [-0.3, -0.25) is 34.2 Å². The van der Waals surface area contributed by atoms with E-state index < -0.39 is 79.1 Å². The lowest BCUT2D eigenvalue weighted by Crippen LogP contribution is -2.58. The molecule has 0 unspecified atom stereocenters. The van der Waals surface area contributed by atoms with Crippen molar-refractivity contribution in [2.75, 3.05) is 13.1 Å². The molecular weight excluding hydrogens is 548 g/mol. The number of amides is 5. The number of carboxylic acid groups (broad SMARTS) is 1. The van der Waals surface area contributed by atoms with Crippen LogP contribution in [0.15, 0.2) is 30.3 Å². The molecule has 1 aromatic carbocycles. The minimum absolute atomic E-state index is 0.0863. The number of hydrogen-bond acceptors (Lipinski definition) is 7. The van der Waals surface area contributed by atoms with Crippen LogP contribution in [0.2, 0.25) is 0 Å². The van der Waals surface area contributed by atoms with Gasteiger partial charge in [-0.15, -0.1) is 0 Å². The highest BCUT2D eigenvalue weighted by Gasteiger charge is 2.31. The summed E-state index contributed by atoms with van der Waals surface area (Å²) >= 11 is 0. The molecule has 1 aliphatic heterocycles. The SMILES string of the molecule is CCC[C@@H]1NC(=O)[C@@H](Cc2ccccc2)NC(=O)C[C@H](CC(=O)O)NC(=O)CNC(=O)[C@H](CCCNC(=N)N)NC1=O. The van der Waals surface area contributed by atoms with Gasteiger partial charge in [-0.25, -0.2) is 0 Å². The first-order chi connectivity index (χ1) is 20.0. The highest BCUT2D eigenvalue weighted by molar-refractivity contribution is 5.95. The number of guanidine groups is 1. The Morgan fingerprint density at radius 1 is 0.929 bits per heavy atom. The molecule has 15 heteroatoms. The predicted molar refractivity (Wildman–Crippen MR) is 152 cm³/mol. The zero-order valence-electron chi connectivity index (χ0n) is 23.5. The van der Waals surface area contributed by atoms with Gasteiger partial charge in [0, 0.05) is 25.4 Å². The van der Waals surface area contributed by atoms with Crippen molar-refractivity contribution in [2.45, 2.75) is 76.0 Å². The summed E-state index contributed by atoms with van der Waals surface area (Å²) in [6.45, 7) is 1.54. The number of hydrogen-bond donors (Lipinski definition) is 9. The number of aliphatic carboxylic acids is 1. The summed E-state index contributed by atoms with van der Waals surface area (Å²) in [5.41, 5.74) is 6.03. The molecule has 0 radical (unpaired) electrons. The molecule has 4 atom stereocenters. The fraction of sp³-hybridized carbons (Fsp3) is 0.519. The van der Waals surface area contributed by atoms with E-state index in [0.717, 1.165) is 5.56 Å². The molecule has 1 aromatic rings. The molecule has 0 aromatic heterocycles. The smallest absolute Gasteiger partial charge is 0.305 e. The fourth-order valence-corrected chi connectivity index (χ4v) is 4.39. The van der Waals surface area contributed by atoms with Crippen molar-refractivity contribution in [1.82, 2.24) is 31.9 Å². The van der Waals surface area contributed by atoms with E-state index in [2.05, 4.69) is 31.9 Å². The summed E-state index contributed by atoms with van der Waals surface area (Å²) in [6.07, 6.45) is 0.306. The van der Waals surface area contributed by atoms with Crippen LogP contribution in [-0.2, 0) is 35.2 Å². The quantitative estimate of drug-likeness (QED) is 0.0851. The lowest BCUT2D eigenvalue weighted by molar-refractivity contribution is -0.138. The average Bonchev–Trinajstić information content (AvgIpc) is 2.92. The molecule has 1 heterocycles. The maximum Gasteiger partial charge on any atom is 0.305 e. The van der Waals surface area contributed by atoms with Crippen molar-refractivity contribution < 1.29 is 33.9 Å². The fourth-order valence-electron chi connectivity index (χ4n) is 4.39. The van der Waals surface area contributed by atoms with Gasteiger partial charge < -0.3 is 42.7 Å². The Balaban J connectivity index is 2.37. The molecular formula is C27H40N8O7. The molecule has 0 bridgehead atoms. The number of nitrogens with one attached hydrogen (secondary N) is 7. The average molecular weight is 589 g/mol. The minimum atomic E-state index is -1.26. The maximum absolute atomic E-state index is 13.4. The molecule has 1 saturated heterocycles. The van der Waals surface area contributed by atoms with Gasteiger partial charge in [0.05, 0.1) is 13.0 Å². The number of carbonyl (C=O) groups is 6. The number of carboxylic acids is 1. The predicted octanol–water partition coefficient (Wildman–Crippen LogP) is -1.77. The van der Waals surface area contributed by atoms with E-state index in [9.17, 15) is 33.9 Å². The third-order valence-corrected chi connectivity index (χ3v) is 6.40. The van der Waals surface area contributed by atoms with Gasteiger partial charge in [-0.2, -0.15) is 0 Å². The molecule has 0 saturated carbocycles. The van der Waals surface area contributed by atoms with E-state index in [1.165, 1.54) is 0 Å². The monoisotopic (exact) mass is 588 g/mol. The van der Waals surface area contributed by atoms with E-state index in [1.807, 2.05) is 6.92 Å². The largest absolute Gasteiger partial charge is 0.481 e. The van der Waals surface area contributed by atoms with Crippen LogP contribution in [0.25, 0.3) is 0 Å². The first-order valence-electron chi connectivity index (χ1n) is 13.8. The van der Waals surface area contributed by atoms with Gasteiger partial charge >= 0.3 is 5.97 Å². The number of rotatable bonds is 10. The minimum Gasteiger partial charge on any atom is -0.481 e. The van der Waals surface area contributed by atoms with Crippen LogP contribution in [0.4, 0.5) is 0 Å². The lowest BCUT2D eigenvalue weighted by Gasteiger charge is -2.26. The van der Waals surface area contributed by atoms with Gasteiger partial charge in [0.25, 0.3) is 0 Å². The zero-order chi connectivity index (χ0) is 31.1. The van der Waals surface area contributed by atoms with Crippen LogP contribution >= 0.6 is 0 Å². The van der Waals surface area contributed by atoms with Crippen molar-refractivity contribution in [3.05, 3.63) is 35.9 Å². The third kappa shape index (κ3) is 12.2. The second kappa shape index (κ2) is 17.2. The Bertz CT molecular complexity index is 1130. The highest BCUT2D eigenvalue weighted by atomic mass is 16.4. The highest BCUT2D eigenvalue weighted by Crippen LogP contribution is 2.08. The molecule has 2 rings (SSSR count). The van der Waals surface area contributed by atoms with Crippen molar-refractivity contribution in [3.8, 4) is 0 Å². The summed E-state index contributed by atoms with van der Waals surface area (Å²) < 4.78 is 0. The van der Waals surface area contributed by atoms with Gasteiger partial charge in [-0.05, 0) is 24.8 Å². The molecule has 10 N–H and O–H groups in total. The van der Waals surface area contributed by atoms with E-state index in [4.69, 9.17) is 11.1 Å². The van der Waals surface area contributed by atoms with Crippen LogP contribution in [0.3, 0.4) is 0 Å². The molecule has 0 aliphatic carbocycles. The van der Waals surface area contributed by atoms with Crippen LogP contribution in [-0.4, -0.2) is 83.8 Å². The van der Waals surface area contributed by atoms with Crippen molar-refractivity contribution in [2.24, 2.45) is 5.73 Å². The summed E-state index contributed by atoms with van der Waals surface area (Å²) in [5, 5.41) is 32.0. The second-order valence-corrected chi connectivity index (χ2v) is 9.99. The number of nitrogens with two attached hydrogens (primary N) is 1. The molecule has 5 amide bonds. The van der Waals surface area contributed by atoms with Crippen LogP contribution < -0.4 is 37.6 Å². The Kier molecular flexibility index (Phi) is 13.7. The topological polar surface area (TPSA) is 245 Å². The third-order valence-electron chi connectivity index (χ3n) is 6.40. The molecule has 1 fully saturated rings. The molecule has 1 aliphatic rings. The second-order valence-electron chi connectivity index (χ2n) is 9.99. The molecule has 0 spiro atoms. The van der Waals surface area contributed by atoms with Gasteiger partial charge in [0.15, 0.2) is 5.96 Å².